The number of nitrogens with zero attached hydrogens (tertiary/aromatic N) is 2. The van der Waals surface area contributed by atoms with Gasteiger partial charge in [0.15, 0.2) is 11.5 Å². The average Bonchev–Trinajstić information content (AvgIpc) is 2.90. The summed E-state index contributed by atoms with van der Waals surface area (Å²) in [6, 6.07) is 13.4. The Morgan fingerprint density at radius 2 is 1.74 bits per heavy atom. The Morgan fingerprint density at radius 3 is 2.51 bits per heavy atom. The summed E-state index contributed by atoms with van der Waals surface area (Å²) in [4.78, 5) is 31.9. The second kappa shape index (κ2) is 10.3. The van der Waals surface area contributed by atoms with Crippen molar-refractivity contribution < 1.29 is 19.1 Å². The van der Waals surface area contributed by atoms with Crippen molar-refractivity contribution in [2.24, 2.45) is 0 Å². The molecule has 1 saturated heterocycles. The zero-order chi connectivity index (χ0) is 24.4. The minimum atomic E-state index is -0.668. The molecular formula is C29H36N2O4. The molecule has 6 nitrogen and oxygen atoms in total. The lowest BCUT2D eigenvalue weighted by Gasteiger charge is -2.48. The SMILES string of the molecule is CCOc1ccc([C@H]2C(=O)N(C3CCCCC3)CC(=O)N2[C@@H]2CCCc3ccccc32)cc1OC. The lowest BCUT2D eigenvalue weighted by Crippen LogP contribution is -2.59. The van der Waals surface area contributed by atoms with Crippen molar-refractivity contribution in [3.8, 4) is 11.5 Å². The number of ether oxygens (including phenoxy) is 2. The van der Waals surface area contributed by atoms with Crippen molar-refractivity contribution in [1.82, 2.24) is 9.80 Å². The number of hydrogen-bond donors (Lipinski definition) is 0. The van der Waals surface area contributed by atoms with Crippen LogP contribution < -0.4 is 9.47 Å². The van der Waals surface area contributed by atoms with E-state index in [4.69, 9.17) is 9.47 Å². The van der Waals surface area contributed by atoms with Crippen LogP contribution in [0.3, 0.4) is 0 Å². The number of amides is 2. The molecule has 0 N–H and O–H groups in total. The third-order valence-electron chi connectivity index (χ3n) is 7.88. The second-order valence-electron chi connectivity index (χ2n) is 9.91. The number of methoxy groups -OCH3 is 1. The van der Waals surface area contributed by atoms with Crippen molar-refractivity contribution in [2.75, 3.05) is 20.3 Å². The van der Waals surface area contributed by atoms with Gasteiger partial charge in [-0.05, 0) is 67.9 Å². The van der Waals surface area contributed by atoms with Crippen LogP contribution in [0.2, 0.25) is 0 Å². The molecular weight excluding hydrogens is 440 g/mol. The first-order chi connectivity index (χ1) is 17.1. The summed E-state index contributed by atoms with van der Waals surface area (Å²) >= 11 is 0. The summed E-state index contributed by atoms with van der Waals surface area (Å²) < 4.78 is 11.3. The third-order valence-corrected chi connectivity index (χ3v) is 7.88. The van der Waals surface area contributed by atoms with Gasteiger partial charge >= 0.3 is 0 Å². The highest BCUT2D eigenvalue weighted by molar-refractivity contribution is 5.96. The molecule has 6 heteroatoms. The molecule has 186 valence electrons. The lowest BCUT2D eigenvalue weighted by atomic mass is 9.84. The number of benzene rings is 2. The van der Waals surface area contributed by atoms with Gasteiger partial charge in [0.2, 0.25) is 5.91 Å². The van der Waals surface area contributed by atoms with Gasteiger partial charge in [0.1, 0.15) is 12.6 Å². The molecule has 2 amide bonds. The summed E-state index contributed by atoms with van der Waals surface area (Å²) in [5.41, 5.74) is 3.24. The molecule has 2 fully saturated rings. The summed E-state index contributed by atoms with van der Waals surface area (Å²) in [5.74, 6) is 1.30. The number of hydrogen-bond acceptors (Lipinski definition) is 4. The van der Waals surface area contributed by atoms with Crippen LogP contribution in [-0.2, 0) is 16.0 Å². The second-order valence-corrected chi connectivity index (χ2v) is 9.91. The predicted molar refractivity (Wildman–Crippen MR) is 134 cm³/mol. The summed E-state index contributed by atoms with van der Waals surface area (Å²) in [6.07, 6.45) is 8.27. The van der Waals surface area contributed by atoms with Crippen LogP contribution >= 0.6 is 0 Å². The molecule has 1 heterocycles. The molecule has 5 rings (SSSR count). The van der Waals surface area contributed by atoms with Gasteiger partial charge in [0, 0.05) is 6.04 Å². The molecule has 2 aliphatic carbocycles. The maximum absolute atomic E-state index is 14.2. The van der Waals surface area contributed by atoms with Crippen LogP contribution in [0, 0.1) is 0 Å². The van der Waals surface area contributed by atoms with Gasteiger partial charge in [0.05, 0.1) is 19.8 Å². The number of fused-ring (bicyclic) bond motifs is 1. The average molecular weight is 477 g/mol. The van der Waals surface area contributed by atoms with Gasteiger partial charge < -0.3 is 19.3 Å². The van der Waals surface area contributed by atoms with Crippen molar-refractivity contribution in [2.45, 2.75) is 76.4 Å². The van der Waals surface area contributed by atoms with Crippen LogP contribution in [0.25, 0.3) is 0 Å². The highest BCUT2D eigenvalue weighted by atomic mass is 16.5. The van der Waals surface area contributed by atoms with Crippen LogP contribution in [-0.4, -0.2) is 47.9 Å². The largest absolute Gasteiger partial charge is 0.493 e. The van der Waals surface area contributed by atoms with Crippen molar-refractivity contribution in [1.29, 1.82) is 0 Å². The summed E-state index contributed by atoms with van der Waals surface area (Å²) in [7, 11) is 1.61. The minimum absolute atomic E-state index is 0.0331. The molecule has 2 aromatic carbocycles. The van der Waals surface area contributed by atoms with Crippen molar-refractivity contribution in [3.05, 3.63) is 59.2 Å². The molecule has 0 unspecified atom stereocenters. The number of aryl methyl sites for hydroxylation is 1. The van der Waals surface area contributed by atoms with E-state index in [0.29, 0.717) is 18.1 Å². The van der Waals surface area contributed by atoms with E-state index >= 15 is 0 Å². The molecule has 2 aromatic rings. The standard InChI is InChI=1S/C29H36N2O4/c1-3-35-25-17-16-21(18-26(25)34-2)28-29(33)30(22-12-5-4-6-13-22)19-27(32)31(28)24-15-9-11-20-10-7-8-14-23(20)24/h7-8,10,14,16-18,22,24,28H,3-6,9,11-13,15,19H2,1-2H3/t24-,28+/m1/s1. The van der Waals surface area contributed by atoms with E-state index in [0.717, 1.165) is 50.5 Å². The molecule has 0 aromatic heterocycles. The highest BCUT2D eigenvalue weighted by Gasteiger charge is 2.46. The summed E-state index contributed by atoms with van der Waals surface area (Å²) in [6.45, 7) is 2.63. The van der Waals surface area contributed by atoms with Gasteiger partial charge in [-0.15, -0.1) is 0 Å². The number of piperazine rings is 1. The first-order valence-corrected chi connectivity index (χ1v) is 13.1. The fraction of sp³-hybridized carbons (Fsp3) is 0.517. The molecule has 0 radical (unpaired) electrons. The minimum Gasteiger partial charge on any atom is -0.493 e. The molecule has 3 aliphatic rings. The molecule has 35 heavy (non-hydrogen) atoms. The molecule has 1 saturated carbocycles. The molecule has 2 atom stereocenters. The smallest absolute Gasteiger partial charge is 0.250 e. The van der Waals surface area contributed by atoms with E-state index in [2.05, 4.69) is 18.2 Å². The first-order valence-electron chi connectivity index (χ1n) is 13.1. The van der Waals surface area contributed by atoms with Crippen molar-refractivity contribution >= 4 is 11.8 Å². The zero-order valence-electron chi connectivity index (χ0n) is 20.9. The van der Waals surface area contributed by atoms with Gasteiger partial charge in [-0.25, -0.2) is 0 Å². The monoisotopic (exact) mass is 476 g/mol. The van der Waals surface area contributed by atoms with Crippen LogP contribution in [0.15, 0.2) is 42.5 Å². The third kappa shape index (κ3) is 4.51. The van der Waals surface area contributed by atoms with Crippen LogP contribution in [0.1, 0.15) is 80.6 Å². The van der Waals surface area contributed by atoms with E-state index in [-0.39, 0.29) is 30.4 Å². The fourth-order valence-corrected chi connectivity index (χ4v) is 6.23. The lowest BCUT2D eigenvalue weighted by molar-refractivity contribution is -0.162. The molecule has 0 spiro atoms. The quantitative estimate of drug-likeness (QED) is 0.574. The maximum atomic E-state index is 14.2. The van der Waals surface area contributed by atoms with E-state index in [1.54, 1.807) is 7.11 Å². The Bertz CT molecular complexity index is 1080. The molecule has 0 bridgehead atoms. The fourth-order valence-electron chi connectivity index (χ4n) is 6.23. The Labute approximate surface area is 208 Å². The Hall–Kier alpha value is -3.02. The van der Waals surface area contributed by atoms with E-state index < -0.39 is 6.04 Å². The van der Waals surface area contributed by atoms with Gasteiger partial charge in [-0.3, -0.25) is 9.59 Å². The highest BCUT2D eigenvalue weighted by Crippen LogP contribution is 2.43. The van der Waals surface area contributed by atoms with E-state index in [1.165, 1.54) is 17.5 Å². The summed E-state index contributed by atoms with van der Waals surface area (Å²) in [5, 5.41) is 0. The van der Waals surface area contributed by atoms with Crippen LogP contribution in [0.4, 0.5) is 0 Å². The Morgan fingerprint density at radius 1 is 0.943 bits per heavy atom. The zero-order valence-corrected chi connectivity index (χ0v) is 20.9. The molecule has 1 aliphatic heterocycles. The van der Waals surface area contributed by atoms with Gasteiger partial charge in [-0.1, -0.05) is 49.6 Å². The normalized spacial score (nSPS) is 23.3. The van der Waals surface area contributed by atoms with E-state index in [9.17, 15) is 9.59 Å². The maximum Gasteiger partial charge on any atom is 0.250 e. The van der Waals surface area contributed by atoms with Gasteiger partial charge in [0.25, 0.3) is 5.91 Å². The van der Waals surface area contributed by atoms with Gasteiger partial charge in [-0.2, -0.15) is 0 Å². The van der Waals surface area contributed by atoms with E-state index in [1.807, 2.05) is 41.0 Å². The van der Waals surface area contributed by atoms with Crippen LogP contribution in [0.5, 0.6) is 11.5 Å². The number of carbonyl (C=O) groups excluding carboxylic acids is 2. The number of carbonyl (C=O) groups is 2. The first kappa shape index (κ1) is 23.7. The Kier molecular flexibility index (Phi) is 6.98. The van der Waals surface area contributed by atoms with Crippen molar-refractivity contribution in [3.63, 3.8) is 0 Å². The topological polar surface area (TPSA) is 59.1 Å². The Balaban J connectivity index is 1.58. The predicted octanol–water partition coefficient (Wildman–Crippen LogP) is 5.22. The number of rotatable bonds is 6.